The predicted molar refractivity (Wildman–Crippen MR) is 211 cm³/mol. The first-order valence-electron chi connectivity index (χ1n) is 19.6. The number of hydrogen-bond donors (Lipinski definition) is 2. The molecule has 2 aliphatic heterocycles. The van der Waals surface area contributed by atoms with Crippen molar-refractivity contribution in [2.45, 2.75) is 76.3 Å². The first kappa shape index (κ1) is 37.2. The van der Waals surface area contributed by atoms with Crippen molar-refractivity contribution in [3.05, 3.63) is 124 Å². The van der Waals surface area contributed by atoms with E-state index in [1.165, 1.54) is 27.2 Å². The minimum atomic E-state index is -0.623. The van der Waals surface area contributed by atoms with Crippen LogP contribution in [0.1, 0.15) is 83.7 Å². The zero-order chi connectivity index (χ0) is 37.4. The Hall–Kier alpha value is -5.15. The lowest BCUT2D eigenvalue weighted by atomic mass is 9.69. The number of piperidine rings is 1. The molecule has 0 spiro atoms. The van der Waals surface area contributed by atoms with Gasteiger partial charge < -0.3 is 19.6 Å². The van der Waals surface area contributed by atoms with Crippen LogP contribution in [0, 0.1) is 6.92 Å². The zero-order valence-corrected chi connectivity index (χ0v) is 31.3. The molecule has 7 rings (SSSR count). The van der Waals surface area contributed by atoms with E-state index in [-0.39, 0.29) is 18.2 Å². The molecule has 3 amide bonds. The number of amides is 3. The van der Waals surface area contributed by atoms with Crippen LogP contribution in [0.2, 0.25) is 0 Å². The van der Waals surface area contributed by atoms with Crippen LogP contribution >= 0.6 is 0 Å². The summed E-state index contributed by atoms with van der Waals surface area (Å²) >= 11 is 0. The van der Waals surface area contributed by atoms with Gasteiger partial charge in [-0.25, -0.2) is 0 Å². The van der Waals surface area contributed by atoms with E-state index in [9.17, 15) is 19.5 Å². The highest BCUT2D eigenvalue weighted by Gasteiger charge is 2.33. The molecular weight excluding hydrogens is 677 g/mol. The second-order valence-electron chi connectivity index (χ2n) is 15.1. The van der Waals surface area contributed by atoms with Gasteiger partial charge in [-0.3, -0.25) is 24.6 Å². The standard InChI is InChI=1S/C45H52N4O5/c1-32-10-14-37(28-36(32)30-49(31-50)42-20-21-43(52)46-45(42)53)48-25-23-47(24-26-48)22-6-3-7-27-54-39-16-11-34(12-17-39)44-40(33-8-4-2-5-9-33)18-13-35-29-38(51)15-19-41(35)44/h2,4-5,8-12,14-17,19,28-29,31,40,42,44,51H,3,6-7,13,18,20-27,30H2,1H3,(H,46,52,53)/t40-,42?,44+/m1/s1. The lowest BCUT2D eigenvalue weighted by Gasteiger charge is -2.36. The number of fused-ring (bicyclic) bond motifs is 1. The van der Waals surface area contributed by atoms with Crippen LogP contribution in [-0.4, -0.2) is 78.5 Å². The average molecular weight is 729 g/mol. The second kappa shape index (κ2) is 17.3. The minimum Gasteiger partial charge on any atom is -0.508 e. The maximum absolute atomic E-state index is 12.4. The van der Waals surface area contributed by atoms with Crippen LogP contribution in [0.15, 0.2) is 91.0 Å². The van der Waals surface area contributed by atoms with Gasteiger partial charge in [0.1, 0.15) is 17.5 Å². The number of piperazine rings is 1. The Balaban J connectivity index is 0.845. The van der Waals surface area contributed by atoms with Crippen molar-refractivity contribution in [2.24, 2.45) is 0 Å². The Morgan fingerprint density at radius 1 is 0.852 bits per heavy atom. The monoisotopic (exact) mass is 728 g/mol. The maximum atomic E-state index is 12.4. The van der Waals surface area contributed by atoms with Crippen molar-refractivity contribution in [1.29, 1.82) is 0 Å². The molecule has 3 aliphatic rings. The topological polar surface area (TPSA) is 102 Å². The van der Waals surface area contributed by atoms with Crippen LogP contribution in [0.4, 0.5) is 5.69 Å². The number of ether oxygens (including phenoxy) is 1. The lowest BCUT2D eigenvalue weighted by molar-refractivity contribution is -0.141. The van der Waals surface area contributed by atoms with Gasteiger partial charge in [0.15, 0.2) is 0 Å². The molecule has 1 unspecified atom stereocenters. The number of anilines is 1. The Labute approximate surface area is 318 Å². The van der Waals surface area contributed by atoms with Crippen molar-refractivity contribution in [3.63, 3.8) is 0 Å². The molecule has 2 heterocycles. The van der Waals surface area contributed by atoms with Crippen molar-refractivity contribution in [3.8, 4) is 11.5 Å². The highest BCUT2D eigenvalue weighted by atomic mass is 16.5. The van der Waals surface area contributed by atoms with Crippen molar-refractivity contribution in [2.75, 3.05) is 44.2 Å². The Morgan fingerprint density at radius 2 is 1.65 bits per heavy atom. The molecule has 9 heteroatoms. The summed E-state index contributed by atoms with van der Waals surface area (Å²) in [5, 5.41) is 12.5. The largest absolute Gasteiger partial charge is 0.508 e. The Kier molecular flexibility index (Phi) is 11.9. The number of phenolic OH excluding ortho intramolecular Hbond substituents is 1. The number of carbonyl (C=O) groups is 3. The molecule has 3 atom stereocenters. The van der Waals surface area contributed by atoms with E-state index in [0.717, 1.165) is 93.8 Å². The average Bonchev–Trinajstić information content (AvgIpc) is 3.19. The molecule has 9 nitrogen and oxygen atoms in total. The number of benzene rings is 4. The number of aryl methyl sites for hydroxylation is 2. The Morgan fingerprint density at radius 3 is 2.41 bits per heavy atom. The third kappa shape index (κ3) is 8.79. The zero-order valence-electron chi connectivity index (χ0n) is 31.3. The van der Waals surface area contributed by atoms with Gasteiger partial charge in [-0.1, -0.05) is 54.6 Å². The summed E-state index contributed by atoms with van der Waals surface area (Å²) in [6, 6.07) is 31.1. The fourth-order valence-corrected chi connectivity index (χ4v) is 8.52. The van der Waals surface area contributed by atoms with E-state index in [4.69, 9.17) is 4.74 Å². The molecule has 282 valence electrons. The number of phenols is 1. The van der Waals surface area contributed by atoms with E-state index in [1.54, 1.807) is 0 Å². The fourth-order valence-electron chi connectivity index (χ4n) is 8.52. The van der Waals surface area contributed by atoms with E-state index in [2.05, 4.69) is 94.0 Å². The molecule has 0 saturated carbocycles. The van der Waals surface area contributed by atoms with Gasteiger partial charge in [0, 0.05) is 50.7 Å². The molecule has 4 aromatic rings. The molecule has 2 fully saturated rings. The summed E-state index contributed by atoms with van der Waals surface area (Å²) in [5.74, 6) is 1.17. The number of nitrogens with zero attached hydrogens (tertiary/aromatic N) is 3. The number of carbonyl (C=O) groups excluding carboxylic acids is 3. The van der Waals surface area contributed by atoms with Crippen molar-refractivity contribution < 1.29 is 24.2 Å². The number of imide groups is 1. The smallest absolute Gasteiger partial charge is 0.249 e. The van der Waals surface area contributed by atoms with Crippen LogP contribution in [0.5, 0.6) is 11.5 Å². The quantitative estimate of drug-likeness (QED) is 0.0847. The van der Waals surface area contributed by atoms with Crippen molar-refractivity contribution in [1.82, 2.24) is 15.1 Å². The normalized spacial score (nSPS) is 20.2. The van der Waals surface area contributed by atoms with E-state index in [0.29, 0.717) is 31.2 Å². The Bertz CT molecular complexity index is 1910. The summed E-state index contributed by atoms with van der Waals surface area (Å²) in [4.78, 5) is 42.4. The van der Waals surface area contributed by atoms with Gasteiger partial charge in [0.25, 0.3) is 0 Å². The molecule has 2 N–H and O–H groups in total. The highest BCUT2D eigenvalue weighted by molar-refractivity contribution is 6.00. The SMILES string of the molecule is Cc1ccc(N2CCN(CCCCCOc3ccc([C@@H]4c5ccc(O)cc5CC[C@@H]4c4ccccc4)cc3)CC2)cc1CN(C=O)C1CCC(=O)NC1=O. The number of hydrogen-bond acceptors (Lipinski definition) is 7. The number of aromatic hydroxyl groups is 1. The third-order valence-electron chi connectivity index (χ3n) is 11.6. The van der Waals surface area contributed by atoms with E-state index in [1.807, 2.05) is 19.1 Å². The van der Waals surface area contributed by atoms with Crippen LogP contribution < -0.4 is 15.0 Å². The highest BCUT2D eigenvalue weighted by Crippen LogP contribution is 2.47. The van der Waals surface area contributed by atoms with Crippen LogP contribution in [-0.2, 0) is 27.3 Å². The van der Waals surface area contributed by atoms with Gasteiger partial charge in [-0.05, 0) is 128 Å². The summed E-state index contributed by atoms with van der Waals surface area (Å²) in [6.07, 6.45) is 6.60. The van der Waals surface area contributed by atoms with Crippen molar-refractivity contribution >= 4 is 23.9 Å². The number of rotatable bonds is 14. The first-order chi connectivity index (χ1) is 26.4. The molecule has 4 aromatic carbocycles. The van der Waals surface area contributed by atoms with E-state index < -0.39 is 11.9 Å². The molecule has 54 heavy (non-hydrogen) atoms. The molecule has 0 bridgehead atoms. The third-order valence-corrected chi connectivity index (χ3v) is 11.6. The summed E-state index contributed by atoms with van der Waals surface area (Å²) < 4.78 is 6.18. The second-order valence-corrected chi connectivity index (χ2v) is 15.1. The summed E-state index contributed by atoms with van der Waals surface area (Å²) in [6.45, 7) is 8.01. The molecule has 1 aliphatic carbocycles. The number of nitrogens with one attached hydrogen (secondary N) is 1. The number of unbranched alkanes of at least 4 members (excludes halogenated alkanes) is 2. The van der Waals surface area contributed by atoms with Gasteiger partial charge in [-0.15, -0.1) is 0 Å². The molecular formula is C45H52N4O5. The van der Waals surface area contributed by atoms with Crippen LogP contribution in [0.3, 0.4) is 0 Å². The first-order valence-corrected chi connectivity index (χ1v) is 19.6. The minimum absolute atomic E-state index is 0.230. The maximum Gasteiger partial charge on any atom is 0.249 e. The van der Waals surface area contributed by atoms with Gasteiger partial charge in [0.05, 0.1) is 6.61 Å². The molecule has 0 radical (unpaired) electrons. The molecule has 0 aromatic heterocycles. The fraction of sp³-hybridized carbons (Fsp3) is 0.400. The lowest BCUT2D eigenvalue weighted by Crippen LogP contribution is -2.51. The van der Waals surface area contributed by atoms with Crippen LogP contribution in [0.25, 0.3) is 0 Å². The molecule has 2 saturated heterocycles. The summed E-state index contributed by atoms with van der Waals surface area (Å²) in [5.41, 5.74) is 8.40. The predicted octanol–water partition coefficient (Wildman–Crippen LogP) is 6.70. The van der Waals surface area contributed by atoms with Gasteiger partial charge in [-0.2, -0.15) is 0 Å². The van der Waals surface area contributed by atoms with Gasteiger partial charge in [0.2, 0.25) is 18.2 Å². The summed E-state index contributed by atoms with van der Waals surface area (Å²) in [7, 11) is 0. The van der Waals surface area contributed by atoms with E-state index >= 15 is 0 Å². The van der Waals surface area contributed by atoms with Gasteiger partial charge >= 0.3 is 0 Å².